The van der Waals surface area contributed by atoms with Gasteiger partial charge in [-0.25, -0.2) is 0 Å². The van der Waals surface area contributed by atoms with Crippen molar-refractivity contribution in [1.29, 1.82) is 5.26 Å². The molecule has 3 heterocycles. The van der Waals surface area contributed by atoms with Crippen molar-refractivity contribution in [3.05, 3.63) is 76.5 Å². The zero-order valence-electron chi connectivity index (χ0n) is 21.7. The SMILES string of the molecule is COc1ccc([C@@H]2C(C#N)=C(N)N(c3cccnc3)C3=C2C(=O)CC(C)(C)C3)cc1CN1CCOCC1. The summed E-state index contributed by atoms with van der Waals surface area (Å²) < 4.78 is 11.2. The third kappa shape index (κ3) is 4.73. The van der Waals surface area contributed by atoms with E-state index in [9.17, 15) is 10.1 Å². The molecule has 0 saturated carbocycles. The molecule has 2 aromatic rings. The monoisotopic (exact) mass is 499 g/mol. The second-order valence-corrected chi connectivity index (χ2v) is 10.7. The Kier molecular flexibility index (Phi) is 6.76. The number of hydrogen-bond donors (Lipinski definition) is 1. The molecule has 37 heavy (non-hydrogen) atoms. The summed E-state index contributed by atoms with van der Waals surface area (Å²) in [6.07, 6.45) is 4.49. The molecular weight excluding hydrogens is 466 g/mol. The van der Waals surface area contributed by atoms with Crippen LogP contribution in [0, 0.1) is 16.7 Å². The Bertz CT molecular complexity index is 1300. The lowest BCUT2D eigenvalue weighted by Gasteiger charge is -2.43. The molecule has 1 fully saturated rings. The number of allylic oxidation sites excluding steroid dienone is 3. The van der Waals surface area contributed by atoms with E-state index < -0.39 is 5.92 Å². The molecule has 2 N–H and O–H groups in total. The highest BCUT2D eigenvalue weighted by atomic mass is 16.5. The van der Waals surface area contributed by atoms with Gasteiger partial charge in [-0.1, -0.05) is 19.9 Å². The number of pyridine rings is 1. The van der Waals surface area contributed by atoms with Crippen LogP contribution in [0.2, 0.25) is 0 Å². The zero-order valence-corrected chi connectivity index (χ0v) is 21.7. The van der Waals surface area contributed by atoms with E-state index in [0.29, 0.717) is 49.6 Å². The first-order valence-electron chi connectivity index (χ1n) is 12.7. The Morgan fingerprint density at radius 3 is 2.70 bits per heavy atom. The average Bonchev–Trinajstić information content (AvgIpc) is 2.88. The lowest BCUT2D eigenvalue weighted by molar-refractivity contribution is -0.118. The minimum atomic E-state index is -0.536. The van der Waals surface area contributed by atoms with E-state index in [2.05, 4.69) is 35.9 Å². The number of methoxy groups -OCH3 is 1. The number of benzene rings is 1. The molecule has 1 aromatic heterocycles. The summed E-state index contributed by atoms with van der Waals surface area (Å²) in [5, 5.41) is 10.4. The minimum Gasteiger partial charge on any atom is -0.496 e. The number of Topliss-reactive ketones (excluding diaryl/α,β-unsaturated/α-hetero) is 1. The maximum atomic E-state index is 13.8. The summed E-state index contributed by atoms with van der Waals surface area (Å²) in [7, 11) is 1.66. The number of rotatable bonds is 5. The van der Waals surface area contributed by atoms with Crippen molar-refractivity contribution in [3.8, 4) is 11.8 Å². The van der Waals surface area contributed by atoms with Crippen LogP contribution in [-0.2, 0) is 16.1 Å². The molecule has 2 aliphatic heterocycles. The first kappa shape index (κ1) is 25.0. The van der Waals surface area contributed by atoms with Gasteiger partial charge in [0, 0.05) is 49.1 Å². The van der Waals surface area contributed by atoms with E-state index in [0.717, 1.165) is 41.4 Å². The maximum absolute atomic E-state index is 13.8. The molecule has 0 radical (unpaired) electrons. The van der Waals surface area contributed by atoms with Crippen LogP contribution in [0.25, 0.3) is 0 Å². The van der Waals surface area contributed by atoms with Crippen LogP contribution in [0.15, 0.2) is 65.4 Å². The molecule has 5 rings (SSSR count). The van der Waals surface area contributed by atoms with E-state index in [1.165, 1.54) is 0 Å². The Labute approximate surface area is 218 Å². The van der Waals surface area contributed by atoms with Crippen LogP contribution in [0.5, 0.6) is 5.75 Å². The molecule has 8 nitrogen and oxygen atoms in total. The van der Waals surface area contributed by atoms with Crippen molar-refractivity contribution in [2.24, 2.45) is 11.1 Å². The molecule has 0 unspecified atom stereocenters. The lowest BCUT2D eigenvalue weighted by atomic mass is 9.68. The van der Waals surface area contributed by atoms with Gasteiger partial charge >= 0.3 is 0 Å². The van der Waals surface area contributed by atoms with Crippen LogP contribution >= 0.6 is 0 Å². The molecule has 0 bridgehead atoms. The fourth-order valence-electron chi connectivity index (χ4n) is 5.72. The molecular formula is C29H33N5O3. The molecule has 0 amide bonds. The first-order chi connectivity index (χ1) is 17.8. The number of anilines is 1. The van der Waals surface area contributed by atoms with Gasteiger partial charge in [0.05, 0.1) is 49.8 Å². The lowest BCUT2D eigenvalue weighted by Crippen LogP contribution is -2.42. The molecule has 1 atom stereocenters. The standard InChI is InChI=1S/C29H33N5O3/c1-29(2)14-23-27(24(35)15-29)26(22(16-30)28(31)34(23)21-5-4-8-32-17-21)19-6-7-25(36-3)20(13-19)18-33-9-11-37-12-10-33/h4-8,13,17,26H,9-12,14-15,18,31H2,1-3H3/t26-/m1/s1. The van der Waals surface area contributed by atoms with Crippen LogP contribution in [0.4, 0.5) is 5.69 Å². The number of nitriles is 1. The fourth-order valence-corrected chi connectivity index (χ4v) is 5.72. The molecule has 192 valence electrons. The van der Waals surface area contributed by atoms with Gasteiger partial charge in [0.1, 0.15) is 11.6 Å². The Morgan fingerprint density at radius 2 is 2.03 bits per heavy atom. The van der Waals surface area contributed by atoms with Gasteiger partial charge in [0.15, 0.2) is 5.78 Å². The second kappa shape index (κ2) is 10.0. The van der Waals surface area contributed by atoms with E-state index in [4.69, 9.17) is 15.2 Å². The van der Waals surface area contributed by atoms with Gasteiger partial charge < -0.3 is 15.2 Å². The average molecular weight is 500 g/mol. The Morgan fingerprint density at radius 1 is 1.24 bits per heavy atom. The molecule has 3 aliphatic rings. The van der Waals surface area contributed by atoms with Crippen molar-refractivity contribution in [1.82, 2.24) is 9.88 Å². The smallest absolute Gasteiger partial charge is 0.162 e. The molecule has 0 spiro atoms. The zero-order chi connectivity index (χ0) is 26.2. The van der Waals surface area contributed by atoms with Gasteiger partial charge in [-0.05, 0) is 41.7 Å². The first-order valence-corrected chi connectivity index (χ1v) is 12.7. The number of ether oxygens (including phenoxy) is 2. The van der Waals surface area contributed by atoms with Crippen LogP contribution < -0.4 is 15.4 Å². The van der Waals surface area contributed by atoms with E-state index >= 15 is 0 Å². The largest absolute Gasteiger partial charge is 0.496 e. The predicted molar refractivity (Wildman–Crippen MR) is 140 cm³/mol. The van der Waals surface area contributed by atoms with Crippen LogP contribution in [0.3, 0.4) is 0 Å². The summed E-state index contributed by atoms with van der Waals surface area (Å²) in [5.41, 5.74) is 11.0. The second-order valence-electron chi connectivity index (χ2n) is 10.7. The molecule has 1 aliphatic carbocycles. The van der Waals surface area contributed by atoms with Crippen molar-refractivity contribution in [2.45, 2.75) is 39.2 Å². The van der Waals surface area contributed by atoms with Gasteiger partial charge in [-0.3, -0.25) is 19.6 Å². The number of morpholine rings is 1. The topological polar surface area (TPSA) is 105 Å². The number of nitrogens with zero attached hydrogens (tertiary/aromatic N) is 4. The van der Waals surface area contributed by atoms with Gasteiger partial charge in [-0.2, -0.15) is 5.26 Å². The van der Waals surface area contributed by atoms with Crippen molar-refractivity contribution >= 4 is 11.5 Å². The molecule has 1 aromatic carbocycles. The quantitative estimate of drug-likeness (QED) is 0.661. The van der Waals surface area contributed by atoms with Gasteiger partial charge in [-0.15, -0.1) is 0 Å². The summed E-state index contributed by atoms with van der Waals surface area (Å²) in [5.74, 6) is 0.640. The predicted octanol–water partition coefficient (Wildman–Crippen LogP) is 3.86. The summed E-state index contributed by atoms with van der Waals surface area (Å²) >= 11 is 0. The number of ketones is 1. The molecule has 8 heteroatoms. The van der Waals surface area contributed by atoms with E-state index in [1.54, 1.807) is 19.5 Å². The maximum Gasteiger partial charge on any atom is 0.162 e. The highest BCUT2D eigenvalue weighted by Gasteiger charge is 2.44. The fraction of sp³-hybridized carbons (Fsp3) is 0.414. The van der Waals surface area contributed by atoms with Crippen LogP contribution in [-0.4, -0.2) is 49.1 Å². The molecule has 1 saturated heterocycles. The summed E-state index contributed by atoms with van der Waals surface area (Å²) in [4.78, 5) is 22.2. The number of hydrogen-bond acceptors (Lipinski definition) is 8. The Hall–Kier alpha value is -3.67. The van der Waals surface area contributed by atoms with Crippen molar-refractivity contribution in [2.75, 3.05) is 38.3 Å². The minimum absolute atomic E-state index is 0.0518. The van der Waals surface area contributed by atoms with Crippen molar-refractivity contribution < 1.29 is 14.3 Å². The van der Waals surface area contributed by atoms with Gasteiger partial charge in [0.2, 0.25) is 0 Å². The van der Waals surface area contributed by atoms with Crippen LogP contribution in [0.1, 0.15) is 43.7 Å². The highest BCUT2D eigenvalue weighted by Crippen LogP contribution is 2.50. The third-order valence-electron chi connectivity index (χ3n) is 7.42. The normalized spacial score (nSPS) is 22.1. The Balaban J connectivity index is 1.66. The number of aromatic nitrogens is 1. The summed E-state index contributed by atoms with van der Waals surface area (Å²) in [6, 6.07) is 12.0. The number of carbonyl (C=O) groups excluding carboxylic acids is 1. The number of nitrogens with two attached hydrogens (primary N) is 1. The van der Waals surface area contributed by atoms with E-state index in [-0.39, 0.29) is 11.2 Å². The van der Waals surface area contributed by atoms with Crippen molar-refractivity contribution in [3.63, 3.8) is 0 Å². The third-order valence-corrected chi connectivity index (χ3v) is 7.42. The van der Waals surface area contributed by atoms with Gasteiger partial charge in [0.25, 0.3) is 0 Å². The van der Waals surface area contributed by atoms with E-state index in [1.807, 2.05) is 29.2 Å². The summed E-state index contributed by atoms with van der Waals surface area (Å²) in [6.45, 7) is 7.98. The number of carbonyl (C=O) groups is 1. The highest BCUT2D eigenvalue weighted by molar-refractivity contribution is 6.01.